The fourth-order valence-electron chi connectivity index (χ4n) is 2.49. The monoisotopic (exact) mass is 324 g/mol. The first-order valence-corrected chi connectivity index (χ1v) is 7.83. The van der Waals surface area contributed by atoms with Gasteiger partial charge in [-0.05, 0) is 31.9 Å². The molecule has 6 heteroatoms. The van der Waals surface area contributed by atoms with Crippen LogP contribution in [0.2, 0.25) is 5.02 Å². The molecule has 1 atom stereocenters. The van der Waals surface area contributed by atoms with Gasteiger partial charge in [-0.2, -0.15) is 0 Å². The van der Waals surface area contributed by atoms with Gasteiger partial charge in [0.05, 0.1) is 11.6 Å². The van der Waals surface area contributed by atoms with Crippen molar-refractivity contribution in [1.29, 1.82) is 0 Å². The van der Waals surface area contributed by atoms with Crippen LogP contribution in [0.4, 0.5) is 0 Å². The van der Waals surface area contributed by atoms with Crippen molar-refractivity contribution in [3.05, 3.63) is 28.8 Å². The summed E-state index contributed by atoms with van der Waals surface area (Å²) in [4.78, 5) is 25.3. The zero-order valence-corrected chi connectivity index (χ0v) is 13.7. The minimum atomic E-state index is -0.433. The van der Waals surface area contributed by atoms with Gasteiger partial charge in [0.2, 0.25) is 11.8 Å². The average Bonchev–Trinajstić information content (AvgIpc) is 2.91. The van der Waals surface area contributed by atoms with Crippen LogP contribution in [0, 0.1) is 6.92 Å². The lowest BCUT2D eigenvalue weighted by molar-refractivity contribution is -0.136. The lowest BCUT2D eigenvalue weighted by atomic mass is 10.2. The van der Waals surface area contributed by atoms with Crippen LogP contribution in [0.3, 0.4) is 0 Å². The van der Waals surface area contributed by atoms with Crippen molar-refractivity contribution in [3.8, 4) is 5.75 Å². The summed E-state index contributed by atoms with van der Waals surface area (Å²) in [5, 5.41) is 3.35. The number of benzene rings is 1. The third-order valence-electron chi connectivity index (χ3n) is 3.77. The first kappa shape index (κ1) is 16.6. The number of nitrogens with zero attached hydrogens (tertiary/aromatic N) is 1. The molecule has 0 bridgehead atoms. The second kappa shape index (κ2) is 7.49. The van der Waals surface area contributed by atoms with E-state index in [4.69, 9.17) is 16.3 Å². The van der Waals surface area contributed by atoms with Gasteiger partial charge in [-0.15, -0.1) is 0 Å². The van der Waals surface area contributed by atoms with E-state index in [0.29, 0.717) is 36.9 Å². The molecular weight excluding hydrogens is 304 g/mol. The molecule has 0 radical (unpaired) electrons. The van der Waals surface area contributed by atoms with E-state index in [0.717, 1.165) is 12.0 Å². The Morgan fingerprint density at radius 1 is 1.50 bits per heavy atom. The van der Waals surface area contributed by atoms with Crippen LogP contribution in [-0.2, 0) is 9.59 Å². The molecule has 1 heterocycles. The first-order chi connectivity index (χ1) is 10.5. The number of aryl methyl sites for hydroxylation is 1. The van der Waals surface area contributed by atoms with Crippen LogP contribution in [0.25, 0.3) is 0 Å². The summed E-state index contributed by atoms with van der Waals surface area (Å²) < 4.78 is 5.62. The minimum Gasteiger partial charge on any atom is -0.490 e. The van der Waals surface area contributed by atoms with Crippen molar-refractivity contribution in [2.75, 3.05) is 19.7 Å². The maximum Gasteiger partial charge on any atom is 0.242 e. The number of rotatable bonds is 6. The molecule has 5 nitrogen and oxygen atoms in total. The summed E-state index contributed by atoms with van der Waals surface area (Å²) in [7, 11) is 0. The standard InChI is InChI=1S/C16H21ClN2O3/c1-11-5-3-6-13(17)15(11)22-10-8-18-16(21)12(2)19-9-4-7-14(19)20/h3,5-6,12H,4,7-10H2,1-2H3,(H,18,21). The Morgan fingerprint density at radius 3 is 2.91 bits per heavy atom. The molecule has 1 saturated heterocycles. The lowest BCUT2D eigenvalue weighted by Gasteiger charge is -2.23. The molecule has 0 aliphatic carbocycles. The van der Waals surface area contributed by atoms with E-state index in [1.54, 1.807) is 17.9 Å². The number of hydrogen-bond donors (Lipinski definition) is 1. The van der Waals surface area contributed by atoms with E-state index in [9.17, 15) is 9.59 Å². The molecule has 1 aromatic carbocycles. The molecule has 0 saturated carbocycles. The number of nitrogens with one attached hydrogen (secondary N) is 1. The van der Waals surface area contributed by atoms with E-state index in [1.807, 2.05) is 19.1 Å². The van der Waals surface area contributed by atoms with Crippen molar-refractivity contribution in [2.24, 2.45) is 0 Å². The molecule has 120 valence electrons. The van der Waals surface area contributed by atoms with Crippen LogP contribution >= 0.6 is 11.6 Å². The molecule has 0 aromatic heterocycles. The third-order valence-corrected chi connectivity index (χ3v) is 4.07. The highest BCUT2D eigenvalue weighted by molar-refractivity contribution is 6.32. The summed E-state index contributed by atoms with van der Waals surface area (Å²) in [5.74, 6) is 0.529. The van der Waals surface area contributed by atoms with Crippen molar-refractivity contribution in [3.63, 3.8) is 0 Å². The van der Waals surface area contributed by atoms with Gasteiger partial charge >= 0.3 is 0 Å². The normalized spacial score (nSPS) is 15.8. The largest absolute Gasteiger partial charge is 0.490 e. The number of hydrogen-bond acceptors (Lipinski definition) is 3. The zero-order valence-electron chi connectivity index (χ0n) is 12.9. The Morgan fingerprint density at radius 2 is 2.27 bits per heavy atom. The Balaban J connectivity index is 1.76. The Bertz CT molecular complexity index is 542. The molecule has 22 heavy (non-hydrogen) atoms. The minimum absolute atomic E-state index is 0.0468. The van der Waals surface area contributed by atoms with Gasteiger partial charge in [-0.25, -0.2) is 0 Å². The topological polar surface area (TPSA) is 58.6 Å². The molecule has 1 aliphatic heterocycles. The quantitative estimate of drug-likeness (QED) is 0.816. The van der Waals surface area contributed by atoms with E-state index in [2.05, 4.69) is 5.32 Å². The summed E-state index contributed by atoms with van der Waals surface area (Å²) in [6.07, 6.45) is 1.36. The number of halogens is 1. The zero-order chi connectivity index (χ0) is 16.1. The number of para-hydroxylation sites is 1. The Hall–Kier alpha value is -1.75. The Labute approximate surface area is 135 Å². The fraction of sp³-hybridized carbons (Fsp3) is 0.500. The van der Waals surface area contributed by atoms with Gasteiger partial charge in [0, 0.05) is 13.0 Å². The molecule has 0 spiro atoms. The van der Waals surface area contributed by atoms with E-state index >= 15 is 0 Å². The van der Waals surface area contributed by atoms with E-state index in [1.165, 1.54) is 0 Å². The molecular formula is C16H21ClN2O3. The summed E-state index contributed by atoms with van der Waals surface area (Å²) in [5.41, 5.74) is 0.954. The maximum absolute atomic E-state index is 12.0. The van der Waals surface area contributed by atoms with Crippen molar-refractivity contribution in [2.45, 2.75) is 32.7 Å². The van der Waals surface area contributed by atoms with Gasteiger partial charge < -0.3 is 15.0 Å². The second-order valence-electron chi connectivity index (χ2n) is 5.39. The van der Waals surface area contributed by atoms with Gasteiger partial charge in [-0.1, -0.05) is 23.7 Å². The van der Waals surface area contributed by atoms with E-state index in [-0.39, 0.29) is 11.8 Å². The molecule has 1 aromatic rings. The van der Waals surface area contributed by atoms with Gasteiger partial charge in [0.25, 0.3) is 0 Å². The number of likely N-dealkylation sites (tertiary alicyclic amines) is 1. The predicted molar refractivity (Wildman–Crippen MR) is 85.1 cm³/mol. The number of ether oxygens (including phenoxy) is 1. The fourth-order valence-corrected chi connectivity index (χ4v) is 2.77. The van der Waals surface area contributed by atoms with Crippen molar-refractivity contribution < 1.29 is 14.3 Å². The van der Waals surface area contributed by atoms with Crippen molar-refractivity contribution >= 4 is 23.4 Å². The Kier molecular flexibility index (Phi) is 5.66. The van der Waals surface area contributed by atoms with Crippen LogP contribution in [-0.4, -0.2) is 42.5 Å². The van der Waals surface area contributed by atoms with Crippen LogP contribution in [0.15, 0.2) is 18.2 Å². The smallest absolute Gasteiger partial charge is 0.242 e. The van der Waals surface area contributed by atoms with Crippen LogP contribution in [0.1, 0.15) is 25.3 Å². The highest BCUT2D eigenvalue weighted by Crippen LogP contribution is 2.27. The summed E-state index contributed by atoms with van der Waals surface area (Å²) in [6, 6.07) is 5.11. The number of carbonyl (C=O) groups is 2. The summed E-state index contributed by atoms with van der Waals surface area (Å²) in [6.45, 7) is 5.02. The SMILES string of the molecule is Cc1cccc(Cl)c1OCCNC(=O)C(C)N1CCCC1=O. The van der Waals surface area contributed by atoms with Crippen LogP contribution < -0.4 is 10.1 Å². The maximum atomic E-state index is 12.0. The van der Waals surface area contributed by atoms with Gasteiger partial charge in [0.1, 0.15) is 18.4 Å². The van der Waals surface area contributed by atoms with Gasteiger partial charge in [0.15, 0.2) is 0 Å². The van der Waals surface area contributed by atoms with Crippen molar-refractivity contribution in [1.82, 2.24) is 10.2 Å². The molecule has 2 amide bonds. The summed E-state index contributed by atoms with van der Waals surface area (Å²) >= 11 is 6.07. The third kappa shape index (κ3) is 3.91. The molecule has 1 fully saturated rings. The lowest BCUT2D eigenvalue weighted by Crippen LogP contribution is -2.46. The highest BCUT2D eigenvalue weighted by atomic mass is 35.5. The van der Waals surface area contributed by atoms with E-state index < -0.39 is 6.04 Å². The highest BCUT2D eigenvalue weighted by Gasteiger charge is 2.29. The van der Waals surface area contributed by atoms with Gasteiger partial charge in [-0.3, -0.25) is 9.59 Å². The predicted octanol–water partition coefficient (Wildman–Crippen LogP) is 2.15. The number of amides is 2. The first-order valence-electron chi connectivity index (χ1n) is 7.46. The molecule has 1 N–H and O–H groups in total. The second-order valence-corrected chi connectivity index (χ2v) is 5.80. The van der Waals surface area contributed by atoms with Crippen LogP contribution in [0.5, 0.6) is 5.75 Å². The molecule has 1 aliphatic rings. The average molecular weight is 325 g/mol. The number of carbonyl (C=O) groups excluding carboxylic acids is 2. The molecule has 1 unspecified atom stereocenters. The molecule has 2 rings (SSSR count).